The number of esters is 2. The van der Waals surface area contributed by atoms with E-state index in [1.807, 2.05) is 30.3 Å². The van der Waals surface area contributed by atoms with Gasteiger partial charge in [-0.2, -0.15) is 0 Å². The van der Waals surface area contributed by atoms with Crippen molar-refractivity contribution in [2.45, 2.75) is 20.4 Å². The monoisotopic (exact) mass is 369 g/mol. The van der Waals surface area contributed by atoms with Crippen molar-refractivity contribution in [1.82, 2.24) is 4.57 Å². The van der Waals surface area contributed by atoms with Crippen LogP contribution in [0.3, 0.4) is 0 Å². The molecule has 0 aliphatic heterocycles. The van der Waals surface area contributed by atoms with Gasteiger partial charge in [0.05, 0.1) is 18.7 Å². The van der Waals surface area contributed by atoms with E-state index in [0.717, 1.165) is 5.56 Å². The Morgan fingerprint density at radius 3 is 2.30 bits per heavy atom. The molecule has 0 fully saturated rings. The molecular weight excluding hydrogens is 349 g/mol. The Morgan fingerprint density at radius 2 is 1.63 bits per heavy atom. The van der Waals surface area contributed by atoms with Crippen LogP contribution >= 0.6 is 0 Å². The fourth-order valence-electron chi connectivity index (χ4n) is 3.08. The lowest BCUT2D eigenvalue weighted by Crippen LogP contribution is -2.18. The van der Waals surface area contributed by atoms with Crippen molar-refractivity contribution in [3.8, 4) is 0 Å². The maximum Gasteiger partial charge on any atom is 0.355 e. The van der Waals surface area contributed by atoms with Crippen molar-refractivity contribution in [2.75, 3.05) is 13.2 Å². The van der Waals surface area contributed by atoms with Gasteiger partial charge in [0.15, 0.2) is 0 Å². The van der Waals surface area contributed by atoms with Crippen LogP contribution in [-0.4, -0.2) is 29.7 Å². The summed E-state index contributed by atoms with van der Waals surface area (Å²) in [4.78, 5) is 25.3. The third-order valence-electron chi connectivity index (χ3n) is 4.16. The molecule has 5 nitrogen and oxygen atoms in total. The second-order valence-electron chi connectivity index (χ2n) is 5.90. The Kier molecular flexibility index (Phi) is 5.54. The molecule has 0 saturated carbocycles. The second-order valence-corrected chi connectivity index (χ2v) is 5.90. The average molecular weight is 369 g/mol. The third-order valence-corrected chi connectivity index (χ3v) is 4.16. The van der Waals surface area contributed by atoms with Gasteiger partial charge in [-0.05, 0) is 37.6 Å². The van der Waals surface area contributed by atoms with E-state index in [4.69, 9.17) is 9.47 Å². The van der Waals surface area contributed by atoms with Crippen LogP contribution < -0.4 is 0 Å². The summed E-state index contributed by atoms with van der Waals surface area (Å²) >= 11 is 0. The van der Waals surface area contributed by atoms with E-state index in [9.17, 15) is 14.0 Å². The molecule has 0 atom stereocenters. The molecule has 1 aromatic heterocycles. The topological polar surface area (TPSA) is 57.5 Å². The molecule has 6 heteroatoms. The fourth-order valence-corrected chi connectivity index (χ4v) is 3.08. The number of fused-ring (bicyclic) bond motifs is 1. The SMILES string of the molecule is CCOC(=O)c1c(C(=O)OCC)n(Cc2ccccc2)c2ccc(F)cc12. The Bertz CT molecular complexity index is 979. The van der Waals surface area contributed by atoms with Crippen LogP contribution in [0.1, 0.15) is 40.3 Å². The third kappa shape index (κ3) is 3.69. The van der Waals surface area contributed by atoms with Crippen molar-refractivity contribution < 1.29 is 23.5 Å². The van der Waals surface area contributed by atoms with Crippen LogP contribution in [0.5, 0.6) is 0 Å². The summed E-state index contributed by atoms with van der Waals surface area (Å²) in [6, 6.07) is 13.6. The minimum Gasteiger partial charge on any atom is -0.462 e. The molecule has 0 aliphatic carbocycles. The summed E-state index contributed by atoms with van der Waals surface area (Å²) in [6.45, 7) is 3.98. The van der Waals surface area contributed by atoms with E-state index >= 15 is 0 Å². The number of benzene rings is 2. The van der Waals surface area contributed by atoms with Crippen molar-refractivity contribution in [3.05, 3.63) is 71.2 Å². The van der Waals surface area contributed by atoms with Gasteiger partial charge in [-0.25, -0.2) is 14.0 Å². The highest BCUT2D eigenvalue weighted by atomic mass is 19.1. The van der Waals surface area contributed by atoms with Gasteiger partial charge in [-0.15, -0.1) is 0 Å². The second kappa shape index (κ2) is 8.03. The lowest BCUT2D eigenvalue weighted by molar-refractivity contribution is 0.0472. The van der Waals surface area contributed by atoms with Crippen LogP contribution in [0, 0.1) is 5.82 Å². The maximum absolute atomic E-state index is 13.9. The zero-order valence-electron chi connectivity index (χ0n) is 15.2. The van der Waals surface area contributed by atoms with Gasteiger partial charge in [0.1, 0.15) is 17.1 Å². The van der Waals surface area contributed by atoms with E-state index in [1.54, 1.807) is 24.5 Å². The van der Waals surface area contributed by atoms with Gasteiger partial charge in [-0.3, -0.25) is 0 Å². The fraction of sp³-hybridized carbons (Fsp3) is 0.238. The predicted molar refractivity (Wildman–Crippen MR) is 99.4 cm³/mol. The Balaban J connectivity index is 2.29. The van der Waals surface area contributed by atoms with Crippen LogP contribution in [0.4, 0.5) is 4.39 Å². The molecule has 3 rings (SSSR count). The quantitative estimate of drug-likeness (QED) is 0.612. The number of hydrogen-bond donors (Lipinski definition) is 0. The van der Waals surface area contributed by atoms with E-state index < -0.39 is 17.8 Å². The van der Waals surface area contributed by atoms with Crippen LogP contribution in [0.15, 0.2) is 48.5 Å². The Morgan fingerprint density at radius 1 is 0.963 bits per heavy atom. The molecule has 0 bridgehead atoms. The minimum atomic E-state index is -0.678. The van der Waals surface area contributed by atoms with E-state index in [1.165, 1.54) is 12.1 Å². The highest BCUT2D eigenvalue weighted by Gasteiger charge is 2.29. The first-order valence-electron chi connectivity index (χ1n) is 8.76. The Hall–Kier alpha value is -3.15. The van der Waals surface area contributed by atoms with Gasteiger partial charge in [0, 0.05) is 11.9 Å². The predicted octanol–water partition coefficient (Wildman–Crippen LogP) is 4.18. The molecule has 1 heterocycles. The summed E-state index contributed by atoms with van der Waals surface area (Å²) in [5, 5.41) is 0.326. The average Bonchev–Trinajstić information content (AvgIpc) is 2.96. The molecule has 0 N–H and O–H groups in total. The highest BCUT2D eigenvalue weighted by Crippen LogP contribution is 2.29. The first-order valence-corrected chi connectivity index (χ1v) is 8.76. The molecule has 2 aromatic carbocycles. The van der Waals surface area contributed by atoms with Crippen molar-refractivity contribution in [2.24, 2.45) is 0 Å². The first kappa shape index (κ1) is 18.6. The number of hydrogen-bond acceptors (Lipinski definition) is 4. The molecule has 3 aromatic rings. The summed E-state index contributed by atoms with van der Waals surface area (Å²) in [5.74, 6) is -1.82. The lowest BCUT2D eigenvalue weighted by Gasteiger charge is -2.11. The zero-order chi connectivity index (χ0) is 19.4. The molecular formula is C21H20FNO4. The minimum absolute atomic E-state index is 0.0285. The number of carbonyl (C=O) groups is 2. The summed E-state index contributed by atoms with van der Waals surface area (Å²) in [5.41, 5.74) is 1.59. The molecule has 0 amide bonds. The van der Waals surface area contributed by atoms with Crippen LogP contribution in [0.25, 0.3) is 10.9 Å². The normalized spacial score (nSPS) is 10.8. The maximum atomic E-state index is 13.9. The number of nitrogens with zero attached hydrogens (tertiary/aromatic N) is 1. The molecule has 0 saturated heterocycles. The molecule has 0 spiro atoms. The van der Waals surface area contributed by atoms with Gasteiger partial charge in [0.25, 0.3) is 0 Å². The molecule has 0 unspecified atom stereocenters. The number of halogens is 1. The van der Waals surface area contributed by atoms with E-state index in [2.05, 4.69) is 0 Å². The van der Waals surface area contributed by atoms with Crippen LogP contribution in [0.2, 0.25) is 0 Å². The molecule has 27 heavy (non-hydrogen) atoms. The first-order chi connectivity index (χ1) is 13.1. The summed E-state index contributed by atoms with van der Waals surface area (Å²) in [6.07, 6.45) is 0. The molecule has 0 aliphatic rings. The van der Waals surface area contributed by atoms with Crippen molar-refractivity contribution in [3.63, 3.8) is 0 Å². The lowest BCUT2D eigenvalue weighted by atomic mass is 10.1. The standard InChI is InChI=1S/C21H20FNO4/c1-3-26-20(24)18-16-12-15(22)10-11-17(16)23(19(18)21(25)27-4-2)13-14-8-6-5-7-9-14/h5-12H,3-4,13H2,1-2H3. The summed E-state index contributed by atoms with van der Waals surface area (Å²) < 4.78 is 25.9. The van der Waals surface area contributed by atoms with Gasteiger partial charge >= 0.3 is 11.9 Å². The van der Waals surface area contributed by atoms with E-state index in [-0.39, 0.29) is 24.5 Å². The van der Waals surface area contributed by atoms with Crippen LogP contribution in [-0.2, 0) is 16.0 Å². The van der Waals surface area contributed by atoms with Crippen molar-refractivity contribution in [1.29, 1.82) is 0 Å². The zero-order valence-corrected chi connectivity index (χ0v) is 15.2. The Labute approximate surface area is 156 Å². The highest BCUT2D eigenvalue weighted by molar-refractivity contribution is 6.13. The van der Waals surface area contributed by atoms with Gasteiger partial charge < -0.3 is 14.0 Å². The summed E-state index contributed by atoms with van der Waals surface area (Å²) in [7, 11) is 0. The molecule has 0 radical (unpaired) electrons. The smallest absolute Gasteiger partial charge is 0.355 e. The number of rotatable bonds is 6. The number of ether oxygens (including phenoxy) is 2. The molecule has 140 valence electrons. The van der Waals surface area contributed by atoms with E-state index in [0.29, 0.717) is 17.4 Å². The van der Waals surface area contributed by atoms with Gasteiger partial charge in [0.2, 0.25) is 0 Å². The largest absolute Gasteiger partial charge is 0.462 e. The number of carbonyl (C=O) groups excluding carboxylic acids is 2. The number of aromatic nitrogens is 1. The van der Waals surface area contributed by atoms with Gasteiger partial charge in [-0.1, -0.05) is 30.3 Å². The van der Waals surface area contributed by atoms with Crippen molar-refractivity contribution >= 4 is 22.8 Å².